The maximum atomic E-state index is 13.1. The van der Waals surface area contributed by atoms with Gasteiger partial charge in [0.05, 0.1) is 5.69 Å². The highest BCUT2D eigenvalue weighted by molar-refractivity contribution is 6.32. The van der Waals surface area contributed by atoms with Gasteiger partial charge in [0.15, 0.2) is 5.78 Å². The van der Waals surface area contributed by atoms with E-state index >= 15 is 0 Å². The van der Waals surface area contributed by atoms with E-state index in [1.807, 2.05) is 97.1 Å². The van der Waals surface area contributed by atoms with Gasteiger partial charge in [-0.25, -0.2) is 0 Å². The van der Waals surface area contributed by atoms with Crippen LogP contribution in [0.5, 0.6) is 0 Å². The molecule has 1 heterocycles. The lowest BCUT2D eigenvalue weighted by molar-refractivity contribution is 0.105. The minimum Gasteiger partial charge on any atom is -0.354 e. The van der Waals surface area contributed by atoms with Gasteiger partial charge in [0.25, 0.3) is 0 Å². The number of fused-ring (bicyclic) bond motifs is 1. The van der Waals surface area contributed by atoms with Crippen molar-refractivity contribution in [3.8, 4) is 0 Å². The number of H-pyrrole nitrogens is 1. The zero-order valence-corrected chi connectivity index (χ0v) is 13.6. The number of rotatable bonds is 4. The van der Waals surface area contributed by atoms with Crippen LogP contribution in [0, 0.1) is 0 Å². The third-order valence-electron chi connectivity index (χ3n) is 4.21. The van der Waals surface area contributed by atoms with E-state index in [1.165, 1.54) is 0 Å². The van der Waals surface area contributed by atoms with Gasteiger partial charge in [-0.3, -0.25) is 4.79 Å². The standard InChI is InChI=1S/C23H17NO/c25-23(18-11-5-2-6-12-18)20(15-17-9-3-1-4-10-17)22-16-19-13-7-8-14-21(19)24-22/h1-16,24H. The highest BCUT2D eigenvalue weighted by Crippen LogP contribution is 2.26. The first-order valence-corrected chi connectivity index (χ1v) is 8.26. The molecule has 1 aromatic heterocycles. The second-order valence-electron chi connectivity index (χ2n) is 5.93. The predicted molar refractivity (Wildman–Crippen MR) is 103 cm³/mol. The highest BCUT2D eigenvalue weighted by atomic mass is 16.1. The molecule has 0 spiro atoms. The minimum atomic E-state index is 0.0102. The van der Waals surface area contributed by atoms with E-state index in [0.717, 1.165) is 22.2 Å². The van der Waals surface area contributed by atoms with Crippen LogP contribution in [-0.2, 0) is 0 Å². The summed E-state index contributed by atoms with van der Waals surface area (Å²) in [4.78, 5) is 16.5. The Labute approximate surface area is 146 Å². The fraction of sp³-hybridized carbons (Fsp3) is 0. The van der Waals surface area contributed by atoms with Gasteiger partial charge in [0, 0.05) is 22.0 Å². The summed E-state index contributed by atoms with van der Waals surface area (Å²) in [6.07, 6.45) is 1.94. The molecule has 25 heavy (non-hydrogen) atoms. The Morgan fingerprint density at radius 3 is 2.12 bits per heavy atom. The number of aromatic nitrogens is 1. The summed E-state index contributed by atoms with van der Waals surface area (Å²) in [6, 6.07) is 29.4. The van der Waals surface area contributed by atoms with Crippen LogP contribution in [-0.4, -0.2) is 10.8 Å². The quantitative estimate of drug-likeness (QED) is 0.385. The highest BCUT2D eigenvalue weighted by Gasteiger charge is 2.16. The molecule has 0 saturated carbocycles. The molecule has 0 amide bonds. The summed E-state index contributed by atoms with van der Waals surface area (Å²) < 4.78 is 0. The molecule has 0 fully saturated rings. The van der Waals surface area contributed by atoms with E-state index in [2.05, 4.69) is 4.98 Å². The van der Waals surface area contributed by atoms with Crippen LogP contribution in [0.1, 0.15) is 21.6 Å². The number of benzene rings is 3. The fourth-order valence-electron chi connectivity index (χ4n) is 2.95. The van der Waals surface area contributed by atoms with Crippen LogP contribution < -0.4 is 0 Å². The number of allylic oxidation sites excluding steroid dienone is 1. The van der Waals surface area contributed by atoms with Gasteiger partial charge in [0.1, 0.15) is 0 Å². The van der Waals surface area contributed by atoms with E-state index in [0.29, 0.717) is 11.1 Å². The van der Waals surface area contributed by atoms with Gasteiger partial charge in [0.2, 0.25) is 0 Å². The Morgan fingerprint density at radius 1 is 0.760 bits per heavy atom. The van der Waals surface area contributed by atoms with E-state index in [9.17, 15) is 4.79 Å². The molecule has 0 bridgehead atoms. The largest absolute Gasteiger partial charge is 0.354 e. The Balaban J connectivity index is 1.86. The molecule has 2 nitrogen and oxygen atoms in total. The summed E-state index contributed by atoms with van der Waals surface area (Å²) in [5, 5.41) is 1.09. The van der Waals surface area contributed by atoms with Gasteiger partial charge in [-0.2, -0.15) is 0 Å². The first kappa shape index (κ1) is 15.2. The zero-order valence-electron chi connectivity index (χ0n) is 13.6. The first-order valence-electron chi connectivity index (χ1n) is 8.26. The number of carbonyl (C=O) groups excluding carboxylic acids is 1. The molecule has 120 valence electrons. The van der Waals surface area contributed by atoms with Crippen LogP contribution in [0.4, 0.5) is 0 Å². The summed E-state index contributed by atoms with van der Waals surface area (Å²) >= 11 is 0. The number of para-hydroxylation sites is 1. The zero-order chi connectivity index (χ0) is 17.1. The topological polar surface area (TPSA) is 32.9 Å². The van der Waals surface area contributed by atoms with Crippen molar-refractivity contribution in [2.75, 3.05) is 0 Å². The number of nitrogens with one attached hydrogen (secondary N) is 1. The Kier molecular flexibility index (Phi) is 4.01. The second kappa shape index (κ2) is 6.62. The van der Waals surface area contributed by atoms with Crippen LogP contribution >= 0.6 is 0 Å². The SMILES string of the molecule is O=C(C(=Cc1ccccc1)c1cc2ccccc2[nH]1)c1ccccc1. The Morgan fingerprint density at radius 2 is 1.40 bits per heavy atom. The average Bonchev–Trinajstić information content (AvgIpc) is 3.11. The molecule has 0 aliphatic carbocycles. The smallest absolute Gasteiger partial charge is 0.195 e. The number of hydrogen-bond donors (Lipinski definition) is 1. The predicted octanol–water partition coefficient (Wildman–Crippen LogP) is 5.59. The van der Waals surface area contributed by atoms with Crippen molar-refractivity contribution in [3.05, 3.63) is 108 Å². The van der Waals surface area contributed by atoms with Gasteiger partial charge in [-0.1, -0.05) is 78.9 Å². The summed E-state index contributed by atoms with van der Waals surface area (Å²) in [5.74, 6) is 0.0102. The first-order chi connectivity index (χ1) is 12.3. The van der Waals surface area contributed by atoms with Crippen LogP contribution in [0.15, 0.2) is 91.0 Å². The van der Waals surface area contributed by atoms with Gasteiger partial charge < -0.3 is 4.98 Å². The molecular formula is C23H17NO. The lowest BCUT2D eigenvalue weighted by atomic mass is 9.98. The normalized spacial score (nSPS) is 11.6. The van der Waals surface area contributed by atoms with Gasteiger partial charge in [-0.05, 0) is 23.8 Å². The molecule has 1 N–H and O–H groups in total. The summed E-state index contributed by atoms with van der Waals surface area (Å²) in [7, 11) is 0. The van der Waals surface area contributed by atoms with Crippen molar-refractivity contribution in [1.82, 2.24) is 4.98 Å². The van der Waals surface area contributed by atoms with Crippen molar-refractivity contribution in [3.63, 3.8) is 0 Å². The number of hydrogen-bond acceptors (Lipinski definition) is 1. The lowest BCUT2D eigenvalue weighted by Crippen LogP contribution is -2.03. The molecule has 2 heteroatoms. The number of Topliss-reactive ketones (excluding diaryl/α,β-unsaturated/α-hetero) is 1. The fourth-order valence-corrected chi connectivity index (χ4v) is 2.95. The van der Waals surface area contributed by atoms with E-state index < -0.39 is 0 Å². The molecule has 0 radical (unpaired) electrons. The molecule has 0 atom stereocenters. The molecule has 4 rings (SSSR count). The van der Waals surface area contributed by atoms with Crippen molar-refractivity contribution in [2.45, 2.75) is 0 Å². The molecule has 0 aliphatic rings. The summed E-state index contributed by atoms with van der Waals surface area (Å²) in [6.45, 7) is 0. The van der Waals surface area contributed by atoms with Crippen molar-refractivity contribution in [2.24, 2.45) is 0 Å². The Bertz CT molecular complexity index is 1010. The van der Waals surface area contributed by atoms with E-state index in [-0.39, 0.29) is 5.78 Å². The Hall–Kier alpha value is -3.39. The van der Waals surface area contributed by atoms with Gasteiger partial charge in [-0.15, -0.1) is 0 Å². The third-order valence-corrected chi connectivity index (χ3v) is 4.21. The summed E-state index contributed by atoms with van der Waals surface area (Å²) in [5.41, 5.74) is 4.20. The molecule has 0 saturated heterocycles. The maximum absolute atomic E-state index is 13.1. The number of carbonyl (C=O) groups is 1. The lowest BCUT2D eigenvalue weighted by Gasteiger charge is -2.06. The molecule has 3 aromatic carbocycles. The van der Waals surface area contributed by atoms with Gasteiger partial charge >= 0.3 is 0 Å². The van der Waals surface area contributed by atoms with Crippen molar-refractivity contribution in [1.29, 1.82) is 0 Å². The molecular weight excluding hydrogens is 306 g/mol. The number of aromatic amines is 1. The van der Waals surface area contributed by atoms with Crippen molar-refractivity contribution >= 4 is 28.3 Å². The van der Waals surface area contributed by atoms with Crippen LogP contribution in [0.25, 0.3) is 22.6 Å². The monoisotopic (exact) mass is 323 g/mol. The molecule has 4 aromatic rings. The minimum absolute atomic E-state index is 0.0102. The average molecular weight is 323 g/mol. The maximum Gasteiger partial charge on any atom is 0.195 e. The molecule has 0 unspecified atom stereocenters. The van der Waals surface area contributed by atoms with E-state index in [1.54, 1.807) is 0 Å². The third kappa shape index (κ3) is 3.15. The number of ketones is 1. The van der Waals surface area contributed by atoms with Crippen LogP contribution in [0.3, 0.4) is 0 Å². The van der Waals surface area contributed by atoms with Crippen LogP contribution in [0.2, 0.25) is 0 Å². The van der Waals surface area contributed by atoms with E-state index in [4.69, 9.17) is 0 Å². The molecule has 0 aliphatic heterocycles. The second-order valence-corrected chi connectivity index (χ2v) is 5.93. The van der Waals surface area contributed by atoms with Crippen molar-refractivity contribution < 1.29 is 4.79 Å².